The van der Waals surface area contributed by atoms with Crippen LogP contribution < -0.4 is 0 Å². The van der Waals surface area contributed by atoms with E-state index >= 15 is 0 Å². The molecular formula is C32H30N4. The van der Waals surface area contributed by atoms with Gasteiger partial charge in [-0.2, -0.15) is 5.26 Å². The Morgan fingerprint density at radius 2 is 2.00 bits per heavy atom. The van der Waals surface area contributed by atoms with E-state index < -0.39 is 0 Å². The summed E-state index contributed by atoms with van der Waals surface area (Å²) in [6, 6.07) is 6.97. The maximum atomic E-state index is 9.19. The summed E-state index contributed by atoms with van der Waals surface area (Å²) >= 11 is 0. The third kappa shape index (κ3) is 2.83. The average molecular weight is 471 g/mol. The van der Waals surface area contributed by atoms with Crippen LogP contribution in [0.5, 0.6) is 0 Å². The van der Waals surface area contributed by atoms with Crippen LogP contribution in [0.4, 0.5) is 0 Å². The summed E-state index contributed by atoms with van der Waals surface area (Å²) in [6.45, 7) is 4.67. The largest absolute Gasteiger partial charge is 0.357 e. The molecular weight excluding hydrogens is 440 g/mol. The summed E-state index contributed by atoms with van der Waals surface area (Å²) in [7, 11) is 0. The molecule has 0 aromatic carbocycles. The van der Waals surface area contributed by atoms with Gasteiger partial charge in [-0.05, 0) is 47.6 Å². The molecule has 6 aliphatic rings. The van der Waals surface area contributed by atoms with Gasteiger partial charge < -0.3 is 9.80 Å². The van der Waals surface area contributed by atoms with Crippen molar-refractivity contribution in [3.05, 3.63) is 119 Å². The van der Waals surface area contributed by atoms with Gasteiger partial charge in [0.2, 0.25) is 0 Å². The number of nitrogens with zero attached hydrogens (tertiary/aromatic N) is 4. The van der Waals surface area contributed by atoms with Gasteiger partial charge in [-0.3, -0.25) is 0 Å². The van der Waals surface area contributed by atoms with Gasteiger partial charge in [-0.25, -0.2) is 4.98 Å². The number of nitriles is 1. The van der Waals surface area contributed by atoms with Crippen LogP contribution in [0.15, 0.2) is 108 Å². The Kier molecular flexibility index (Phi) is 4.66. The number of aromatic nitrogens is 1. The summed E-state index contributed by atoms with van der Waals surface area (Å²) in [4.78, 5) is 9.82. The fourth-order valence-corrected chi connectivity index (χ4v) is 6.98. The highest BCUT2D eigenvalue weighted by Crippen LogP contribution is 2.58. The summed E-state index contributed by atoms with van der Waals surface area (Å²) in [5, 5.41) is 9.19. The van der Waals surface area contributed by atoms with Crippen LogP contribution in [0.1, 0.15) is 37.9 Å². The zero-order valence-electron chi connectivity index (χ0n) is 20.8. The summed E-state index contributed by atoms with van der Waals surface area (Å²) in [5.41, 5.74) is 7.06. The molecule has 0 bridgehead atoms. The first kappa shape index (κ1) is 21.4. The minimum Gasteiger partial charge on any atom is -0.357 e. The molecule has 5 aliphatic carbocycles. The van der Waals surface area contributed by atoms with Crippen molar-refractivity contribution >= 4 is 5.57 Å². The van der Waals surface area contributed by atoms with Crippen LogP contribution in [0.2, 0.25) is 0 Å². The van der Waals surface area contributed by atoms with Gasteiger partial charge in [0.05, 0.1) is 23.8 Å². The molecule has 0 amide bonds. The first-order chi connectivity index (χ1) is 17.6. The van der Waals surface area contributed by atoms with Gasteiger partial charge in [0, 0.05) is 17.8 Å². The number of allylic oxidation sites excluding steroid dienone is 7. The Morgan fingerprint density at radius 3 is 2.69 bits per heavy atom. The van der Waals surface area contributed by atoms with Crippen molar-refractivity contribution in [3.8, 4) is 6.07 Å². The molecule has 1 aromatic rings. The van der Waals surface area contributed by atoms with Crippen molar-refractivity contribution in [2.45, 2.75) is 50.4 Å². The van der Waals surface area contributed by atoms with Crippen molar-refractivity contribution in [3.63, 3.8) is 0 Å². The second-order valence-corrected chi connectivity index (χ2v) is 10.8. The molecule has 0 saturated heterocycles. The first-order valence-electron chi connectivity index (χ1n) is 13.1. The minimum atomic E-state index is -0.0760. The van der Waals surface area contributed by atoms with E-state index in [2.05, 4.69) is 108 Å². The maximum Gasteiger partial charge on any atom is 0.140 e. The summed E-state index contributed by atoms with van der Waals surface area (Å²) < 4.78 is 0. The predicted octanol–water partition coefficient (Wildman–Crippen LogP) is 5.84. The Hall–Kier alpha value is -3.84. The van der Waals surface area contributed by atoms with Crippen molar-refractivity contribution in [1.29, 1.82) is 5.26 Å². The second-order valence-electron chi connectivity index (χ2n) is 10.8. The number of hydrogen-bond donors (Lipinski definition) is 0. The van der Waals surface area contributed by atoms with Crippen LogP contribution in [0.25, 0.3) is 5.57 Å². The van der Waals surface area contributed by atoms with E-state index in [0.29, 0.717) is 23.7 Å². The molecule has 36 heavy (non-hydrogen) atoms. The van der Waals surface area contributed by atoms with Gasteiger partial charge in [-0.1, -0.05) is 86.8 Å². The molecule has 2 heterocycles. The van der Waals surface area contributed by atoms with Crippen LogP contribution in [-0.4, -0.2) is 38.4 Å². The summed E-state index contributed by atoms with van der Waals surface area (Å²) in [5.74, 6) is 0.811. The molecule has 4 nitrogen and oxygen atoms in total. The van der Waals surface area contributed by atoms with Crippen molar-refractivity contribution < 1.29 is 0 Å². The predicted molar refractivity (Wildman–Crippen MR) is 143 cm³/mol. The molecule has 4 unspecified atom stereocenters. The molecule has 178 valence electrons. The van der Waals surface area contributed by atoms with E-state index in [0.717, 1.165) is 18.4 Å². The quantitative estimate of drug-likeness (QED) is 0.557. The third-order valence-electron chi connectivity index (χ3n) is 8.84. The molecule has 1 aliphatic heterocycles. The topological polar surface area (TPSA) is 43.2 Å². The van der Waals surface area contributed by atoms with Gasteiger partial charge in [0.1, 0.15) is 17.3 Å². The maximum absolute atomic E-state index is 9.19. The van der Waals surface area contributed by atoms with E-state index in [9.17, 15) is 5.26 Å². The van der Waals surface area contributed by atoms with Gasteiger partial charge in [-0.15, -0.1) is 0 Å². The SMILES string of the molecule is CC1C=CC2=C(C1)N(C1C=CC=CC1)C1C=C3C=C[C@]31N2C1C=CC=C(c2ccc(C#N)nc2)[C@H]1C. The van der Waals surface area contributed by atoms with Gasteiger partial charge in [0.25, 0.3) is 0 Å². The zero-order chi connectivity index (χ0) is 24.4. The average Bonchev–Trinajstić information content (AvgIpc) is 2.91. The molecule has 7 rings (SSSR count). The fourth-order valence-electron chi connectivity index (χ4n) is 6.98. The van der Waals surface area contributed by atoms with Crippen LogP contribution in [-0.2, 0) is 0 Å². The van der Waals surface area contributed by atoms with Crippen LogP contribution >= 0.6 is 0 Å². The smallest absolute Gasteiger partial charge is 0.140 e. The molecule has 4 heteroatoms. The Balaban J connectivity index is 1.32. The lowest BCUT2D eigenvalue weighted by Crippen LogP contribution is -2.74. The second kappa shape index (κ2) is 7.83. The molecule has 0 N–H and O–H groups in total. The Labute approximate surface area is 213 Å². The van der Waals surface area contributed by atoms with Crippen molar-refractivity contribution in [2.24, 2.45) is 11.8 Å². The lowest BCUT2D eigenvalue weighted by molar-refractivity contribution is 0.0173. The zero-order valence-corrected chi connectivity index (χ0v) is 20.8. The standard InChI is InChI=1S/C32H30N4/c1-21-11-14-29-30(17-21)35(26-7-4-3-5-8-26)31-18-24-15-16-32(24,31)36(29)28-10-6-9-27(22(28)2)23-12-13-25(19-33)34-20-23/h3-7,9-16,18,20-22,26,28,31H,8,17H2,1-2H3/t21?,22-,26?,28?,31?,32+/m1/s1. The highest BCUT2D eigenvalue weighted by molar-refractivity contribution is 5.72. The molecule has 0 saturated carbocycles. The third-order valence-corrected chi connectivity index (χ3v) is 8.84. The molecule has 6 atom stereocenters. The molecule has 1 spiro atoms. The van der Waals surface area contributed by atoms with Crippen LogP contribution in [0.3, 0.4) is 0 Å². The highest BCUT2D eigenvalue weighted by Gasteiger charge is 2.62. The normalized spacial score (nSPS) is 35.2. The minimum absolute atomic E-state index is 0.0760. The van der Waals surface area contributed by atoms with E-state index in [4.69, 9.17) is 0 Å². The fraction of sp³-hybridized carbons (Fsp3) is 0.312. The number of hydrogen-bond acceptors (Lipinski definition) is 4. The highest BCUT2D eigenvalue weighted by atomic mass is 15.4. The Bertz CT molecular complexity index is 1410. The van der Waals surface area contributed by atoms with Gasteiger partial charge >= 0.3 is 0 Å². The number of pyridine rings is 1. The van der Waals surface area contributed by atoms with E-state index in [1.165, 1.54) is 22.5 Å². The van der Waals surface area contributed by atoms with Crippen LogP contribution in [0, 0.1) is 23.2 Å². The van der Waals surface area contributed by atoms with E-state index in [1.807, 2.05) is 18.3 Å². The molecule has 0 radical (unpaired) electrons. The Morgan fingerprint density at radius 1 is 1.08 bits per heavy atom. The number of rotatable bonds is 3. The monoisotopic (exact) mass is 470 g/mol. The molecule has 0 fully saturated rings. The van der Waals surface area contributed by atoms with E-state index in [-0.39, 0.29) is 17.5 Å². The first-order valence-corrected chi connectivity index (χ1v) is 13.1. The molecule has 1 aromatic heterocycles. The van der Waals surface area contributed by atoms with Crippen molar-refractivity contribution in [2.75, 3.05) is 0 Å². The van der Waals surface area contributed by atoms with Crippen molar-refractivity contribution in [1.82, 2.24) is 14.8 Å². The lowest BCUT2D eigenvalue weighted by Gasteiger charge is -2.68. The lowest BCUT2D eigenvalue weighted by atomic mass is 9.59. The summed E-state index contributed by atoms with van der Waals surface area (Å²) in [6.07, 6.45) is 31.9. The van der Waals surface area contributed by atoms with Gasteiger partial charge in [0.15, 0.2) is 0 Å². The van der Waals surface area contributed by atoms with E-state index in [1.54, 1.807) is 0 Å².